The number of carboxylic acid groups (broad SMARTS) is 1. The van der Waals surface area contributed by atoms with Crippen LogP contribution >= 0.6 is 11.3 Å². The summed E-state index contributed by atoms with van der Waals surface area (Å²) in [5, 5.41) is 11.8. The Hall–Kier alpha value is -2.18. The van der Waals surface area contributed by atoms with Gasteiger partial charge in [0.15, 0.2) is 0 Å². The Labute approximate surface area is 131 Å². The Bertz CT molecular complexity index is 727. The molecular formula is C16H15NO4S. The van der Waals surface area contributed by atoms with Crippen molar-refractivity contribution >= 4 is 28.9 Å². The highest BCUT2D eigenvalue weighted by Gasteiger charge is 2.18. The lowest BCUT2D eigenvalue weighted by molar-refractivity contribution is 0.0696. The summed E-state index contributed by atoms with van der Waals surface area (Å²) in [6.07, 6.45) is 0.847. The number of ether oxygens (including phenoxy) is 1. The minimum absolute atomic E-state index is 0.179. The van der Waals surface area contributed by atoms with Gasteiger partial charge in [0, 0.05) is 17.0 Å². The zero-order valence-corrected chi connectivity index (χ0v) is 12.8. The van der Waals surface area contributed by atoms with Crippen molar-refractivity contribution in [1.82, 2.24) is 0 Å². The summed E-state index contributed by atoms with van der Waals surface area (Å²) in [5.74, 6) is -1.15. The predicted octanol–water partition coefficient (Wildman–Crippen LogP) is 3.08. The number of nitrogens with one attached hydrogen (secondary N) is 1. The number of carbonyl (C=O) groups is 2. The fourth-order valence-electron chi connectivity index (χ4n) is 2.43. The number of amides is 1. The summed E-state index contributed by atoms with van der Waals surface area (Å²) in [5.41, 5.74) is 2.53. The molecule has 1 aliphatic heterocycles. The zero-order chi connectivity index (χ0) is 15.7. The lowest BCUT2D eigenvalue weighted by Gasteiger charge is -2.10. The van der Waals surface area contributed by atoms with Gasteiger partial charge in [-0.3, -0.25) is 4.79 Å². The molecule has 6 heteroatoms. The summed E-state index contributed by atoms with van der Waals surface area (Å²) in [6.45, 7) is 2.97. The third-order valence-corrected chi connectivity index (χ3v) is 4.80. The summed E-state index contributed by atoms with van der Waals surface area (Å²) in [4.78, 5) is 25.1. The van der Waals surface area contributed by atoms with E-state index in [1.807, 2.05) is 6.07 Å². The summed E-state index contributed by atoms with van der Waals surface area (Å²) < 4.78 is 5.38. The number of aromatic carboxylic acids is 1. The molecule has 0 saturated heterocycles. The van der Waals surface area contributed by atoms with Crippen LogP contribution in [0.25, 0.3) is 0 Å². The van der Waals surface area contributed by atoms with Gasteiger partial charge in [-0.25, -0.2) is 4.79 Å². The van der Waals surface area contributed by atoms with Crippen molar-refractivity contribution in [3.8, 4) is 0 Å². The van der Waals surface area contributed by atoms with E-state index in [1.165, 1.54) is 22.3 Å². The van der Waals surface area contributed by atoms with Crippen LogP contribution in [0, 0.1) is 6.92 Å². The molecule has 0 saturated carbocycles. The van der Waals surface area contributed by atoms with Gasteiger partial charge in [-0.15, -0.1) is 11.3 Å². The maximum Gasteiger partial charge on any atom is 0.335 e. The first-order valence-corrected chi connectivity index (χ1v) is 7.71. The maximum absolute atomic E-state index is 12.3. The predicted molar refractivity (Wildman–Crippen MR) is 83.8 cm³/mol. The molecule has 1 aromatic heterocycles. The Morgan fingerprint density at radius 2 is 2.14 bits per heavy atom. The van der Waals surface area contributed by atoms with Crippen LogP contribution in [-0.2, 0) is 17.8 Å². The van der Waals surface area contributed by atoms with Gasteiger partial charge in [-0.1, -0.05) is 0 Å². The van der Waals surface area contributed by atoms with E-state index in [1.54, 1.807) is 19.1 Å². The molecule has 2 aromatic rings. The molecule has 1 aliphatic rings. The molecule has 2 heterocycles. The second kappa shape index (κ2) is 5.90. The van der Waals surface area contributed by atoms with E-state index < -0.39 is 5.97 Å². The van der Waals surface area contributed by atoms with Crippen molar-refractivity contribution in [2.75, 3.05) is 11.9 Å². The Kier molecular flexibility index (Phi) is 3.96. The van der Waals surface area contributed by atoms with E-state index in [0.29, 0.717) is 29.3 Å². The second-order valence-electron chi connectivity index (χ2n) is 5.15. The van der Waals surface area contributed by atoms with Crippen molar-refractivity contribution in [2.45, 2.75) is 20.0 Å². The van der Waals surface area contributed by atoms with Crippen LogP contribution in [0.3, 0.4) is 0 Å². The van der Waals surface area contributed by atoms with E-state index in [9.17, 15) is 9.59 Å². The van der Waals surface area contributed by atoms with Crippen LogP contribution < -0.4 is 5.32 Å². The number of thiophene rings is 1. The van der Waals surface area contributed by atoms with Gasteiger partial charge in [0.1, 0.15) is 0 Å². The number of rotatable bonds is 3. The van der Waals surface area contributed by atoms with Crippen LogP contribution in [0.15, 0.2) is 24.3 Å². The standard InChI is InChI=1S/C16H15NO4S/c1-9-6-11(2-3-12(9)16(19)20)17-15(18)14-7-10-8-21-5-4-13(10)22-14/h2-3,6-7H,4-5,8H2,1H3,(H,17,18)(H,19,20). The molecule has 0 atom stereocenters. The van der Waals surface area contributed by atoms with Crippen molar-refractivity contribution in [1.29, 1.82) is 0 Å². The molecule has 0 aliphatic carbocycles. The van der Waals surface area contributed by atoms with Gasteiger partial charge >= 0.3 is 5.97 Å². The number of carboxylic acids is 1. The highest BCUT2D eigenvalue weighted by Crippen LogP contribution is 2.27. The molecule has 114 valence electrons. The smallest absolute Gasteiger partial charge is 0.335 e. The van der Waals surface area contributed by atoms with E-state index in [2.05, 4.69) is 5.32 Å². The minimum Gasteiger partial charge on any atom is -0.478 e. The molecule has 0 radical (unpaired) electrons. The molecule has 0 spiro atoms. The average Bonchev–Trinajstić information content (AvgIpc) is 2.91. The quantitative estimate of drug-likeness (QED) is 0.912. The number of hydrogen-bond donors (Lipinski definition) is 2. The van der Waals surface area contributed by atoms with Crippen LogP contribution in [0.1, 0.15) is 36.0 Å². The molecule has 1 aromatic carbocycles. The summed E-state index contributed by atoms with van der Waals surface area (Å²) >= 11 is 1.49. The van der Waals surface area contributed by atoms with Gasteiger partial charge < -0.3 is 15.2 Å². The molecular weight excluding hydrogens is 302 g/mol. The van der Waals surface area contributed by atoms with Crippen LogP contribution in [0.4, 0.5) is 5.69 Å². The number of carbonyl (C=O) groups excluding carboxylic acids is 1. The van der Waals surface area contributed by atoms with E-state index >= 15 is 0 Å². The first-order valence-electron chi connectivity index (χ1n) is 6.89. The summed E-state index contributed by atoms with van der Waals surface area (Å²) in [7, 11) is 0. The van der Waals surface area contributed by atoms with Gasteiger partial charge in [0.05, 0.1) is 23.7 Å². The van der Waals surface area contributed by atoms with Crippen LogP contribution in [-0.4, -0.2) is 23.6 Å². The fraction of sp³-hybridized carbons (Fsp3) is 0.250. The molecule has 0 bridgehead atoms. The molecule has 22 heavy (non-hydrogen) atoms. The summed E-state index contributed by atoms with van der Waals surface area (Å²) in [6, 6.07) is 6.64. The molecule has 0 unspecified atom stereocenters. The van der Waals surface area contributed by atoms with Crippen molar-refractivity contribution in [2.24, 2.45) is 0 Å². The molecule has 1 amide bonds. The van der Waals surface area contributed by atoms with E-state index in [-0.39, 0.29) is 11.5 Å². The van der Waals surface area contributed by atoms with Crippen molar-refractivity contribution in [3.05, 3.63) is 50.7 Å². The van der Waals surface area contributed by atoms with Crippen molar-refractivity contribution < 1.29 is 19.4 Å². The SMILES string of the molecule is Cc1cc(NC(=O)c2cc3c(s2)CCOC3)ccc1C(=O)O. The highest BCUT2D eigenvalue weighted by molar-refractivity contribution is 7.14. The van der Waals surface area contributed by atoms with Gasteiger partial charge in [0.2, 0.25) is 0 Å². The normalized spacial score (nSPS) is 13.5. The van der Waals surface area contributed by atoms with E-state index in [4.69, 9.17) is 9.84 Å². The second-order valence-corrected chi connectivity index (χ2v) is 6.29. The molecule has 2 N–H and O–H groups in total. The number of anilines is 1. The fourth-order valence-corrected chi connectivity index (χ4v) is 3.48. The topological polar surface area (TPSA) is 75.6 Å². The number of benzene rings is 1. The number of fused-ring (bicyclic) bond motifs is 1. The molecule has 5 nitrogen and oxygen atoms in total. The lowest BCUT2D eigenvalue weighted by Crippen LogP contribution is -2.11. The Morgan fingerprint density at radius 1 is 1.32 bits per heavy atom. The zero-order valence-electron chi connectivity index (χ0n) is 12.0. The Morgan fingerprint density at radius 3 is 2.82 bits per heavy atom. The first-order chi connectivity index (χ1) is 10.5. The molecule has 3 rings (SSSR count). The van der Waals surface area contributed by atoms with Gasteiger partial charge in [-0.05, 0) is 42.3 Å². The van der Waals surface area contributed by atoms with Crippen LogP contribution in [0.2, 0.25) is 0 Å². The lowest BCUT2D eigenvalue weighted by atomic mass is 10.1. The van der Waals surface area contributed by atoms with Crippen LogP contribution in [0.5, 0.6) is 0 Å². The largest absolute Gasteiger partial charge is 0.478 e. The van der Waals surface area contributed by atoms with Gasteiger partial charge in [-0.2, -0.15) is 0 Å². The van der Waals surface area contributed by atoms with E-state index in [0.717, 1.165) is 12.0 Å². The highest BCUT2D eigenvalue weighted by atomic mass is 32.1. The molecule has 0 fully saturated rings. The number of aryl methyl sites for hydroxylation is 1. The van der Waals surface area contributed by atoms with Crippen molar-refractivity contribution in [3.63, 3.8) is 0 Å². The number of hydrogen-bond acceptors (Lipinski definition) is 4. The maximum atomic E-state index is 12.3. The van der Waals surface area contributed by atoms with Gasteiger partial charge in [0.25, 0.3) is 5.91 Å². The minimum atomic E-state index is -0.971. The average molecular weight is 317 g/mol. The first kappa shape index (κ1) is 14.7. The Balaban J connectivity index is 1.78. The monoisotopic (exact) mass is 317 g/mol. The third-order valence-electron chi connectivity index (χ3n) is 3.57. The third kappa shape index (κ3) is 2.88.